The van der Waals surface area contributed by atoms with Crippen LogP contribution in [-0.4, -0.2) is 56.7 Å². The van der Waals surface area contributed by atoms with Crippen LogP contribution in [0.4, 0.5) is 17.3 Å². The first-order valence-corrected chi connectivity index (χ1v) is 10.9. The molecule has 17 heteroatoms. The molecule has 0 unspecified atom stereocenters. The quantitative estimate of drug-likeness (QED) is 0.221. The summed E-state index contributed by atoms with van der Waals surface area (Å²) >= 11 is 0. The van der Waals surface area contributed by atoms with Crippen LogP contribution in [0.1, 0.15) is 52.7 Å². The van der Waals surface area contributed by atoms with E-state index in [0.717, 1.165) is 33.8 Å². The molecule has 0 aliphatic heterocycles. The molecule has 0 amide bonds. The molecule has 3 aromatic heterocycles. The van der Waals surface area contributed by atoms with Crippen LogP contribution in [-0.2, 0) is 5.41 Å². The number of anilines is 1. The van der Waals surface area contributed by atoms with E-state index in [2.05, 4.69) is 30.4 Å². The number of hydrogen-bond acceptors (Lipinski definition) is 11. The molecule has 198 valence electrons. The number of rotatable bonds is 6. The Morgan fingerprint density at radius 1 is 1.05 bits per heavy atom. The lowest BCUT2D eigenvalue weighted by molar-refractivity contribution is 0.0696. The van der Waals surface area contributed by atoms with Gasteiger partial charge in [0.2, 0.25) is 5.95 Å². The average Bonchev–Trinajstić information content (AvgIpc) is 3.42. The molecule has 0 atom stereocenters. The lowest BCUT2D eigenvalue weighted by atomic mass is 9.91. The van der Waals surface area contributed by atoms with Crippen molar-refractivity contribution in [2.45, 2.75) is 26.2 Å². The molecular formula is C22H19N11O6. The van der Waals surface area contributed by atoms with Crippen LogP contribution in [0.5, 0.6) is 0 Å². The maximum atomic E-state index is 11.8. The molecule has 3 heterocycles. The molecule has 39 heavy (non-hydrogen) atoms. The Morgan fingerprint density at radius 2 is 1.69 bits per heavy atom. The minimum absolute atomic E-state index is 0.00671. The van der Waals surface area contributed by atoms with Gasteiger partial charge >= 0.3 is 23.3 Å². The Bertz CT molecular complexity index is 1770. The topological polar surface area (TPSA) is 263 Å². The molecule has 0 aliphatic carbocycles. The summed E-state index contributed by atoms with van der Waals surface area (Å²) in [6, 6.07) is 5.18. The summed E-state index contributed by atoms with van der Waals surface area (Å²) in [5, 5.41) is 45.1. The van der Waals surface area contributed by atoms with Crippen LogP contribution in [0.15, 0.2) is 44.2 Å². The molecule has 4 rings (SSSR count). The Morgan fingerprint density at radius 3 is 2.23 bits per heavy atom. The van der Waals surface area contributed by atoms with Crippen LogP contribution >= 0.6 is 0 Å². The van der Waals surface area contributed by atoms with E-state index in [-0.39, 0.29) is 51.3 Å². The van der Waals surface area contributed by atoms with Gasteiger partial charge in [-0.15, -0.1) is 10.2 Å². The van der Waals surface area contributed by atoms with E-state index in [1.165, 1.54) is 0 Å². The Kier molecular flexibility index (Phi) is 6.38. The number of aromatic carboxylic acids is 2. The number of carboxylic acid groups (broad SMARTS) is 2. The predicted octanol–water partition coefficient (Wildman–Crippen LogP) is 1.39. The highest BCUT2D eigenvalue weighted by atomic mass is 16.4. The number of aromatic amines is 2. The van der Waals surface area contributed by atoms with Crippen molar-refractivity contribution in [3.05, 3.63) is 67.7 Å². The van der Waals surface area contributed by atoms with E-state index in [9.17, 15) is 34.7 Å². The van der Waals surface area contributed by atoms with Crippen molar-refractivity contribution in [2.75, 3.05) is 5.73 Å². The molecule has 0 spiro atoms. The summed E-state index contributed by atoms with van der Waals surface area (Å²) in [7, 11) is 0. The number of nitriles is 1. The van der Waals surface area contributed by atoms with E-state index in [1.807, 2.05) is 11.1 Å². The van der Waals surface area contributed by atoms with Crippen molar-refractivity contribution in [1.82, 2.24) is 34.5 Å². The van der Waals surface area contributed by atoms with Crippen LogP contribution in [0, 0.1) is 11.3 Å². The fourth-order valence-electron chi connectivity index (χ4n) is 3.45. The van der Waals surface area contributed by atoms with Gasteiger partial charge in [0, 0.05) is 5.41 Å². The molecule has 0 bridgehead atoms. The molecule has 1 aromatic carbocycles. The van der Waals surface area contributed by atoms with Crippen LogP contribution in [0.3, 0.4) is 0 Å². The third kappa shape index (κ3) is 5.01. The third-order valence-corrected chi connectivity index (χ3v) is 5.22. The average molecular weight is 533 g/mol. The molecular weight excluding hydrogens is 514 g/mol. The van der Waals surface area contributed by atoms with Crippen molar-refractivity contribution in [3.8, 4) is 17.7 Å². The molecule has 6 N–H and O–H groups in total. The molecule has 4 aromatic rings. The van der Waals surface area contributed by atoms with E-state index in [0.29, 0.717) is 0 Å². The van der Waals surface area contributed by atoms with Gasteiger partial charge in [-0.1, -0.05) is 20.8 Å². The number of carbonyl (C=O) groups is 2. The lowest BCUT2D eigenvalue weighted by Crippen LogP contribution is -2.28. The third-order valence-electron chi connectivity index (χ3n) is 5.22. The van der Waals surface area contributed by atoms with Crippen molar-refractivity contribution >= 4 is 29.3 Å². The van der Waals surface area contributed by atoms with Gasteiger partial charge in [0.25, 0.3) is 0 Å². The van der Waals surface area contributed by atoms with Gasteiger partial charge in [0.1, 0.15) is 11.6 Å². The summed E-state index contributed by atoms with van der Waals surface area (Å²) < 4.78 is 2.05. The second-order valence-corrected chi connectivity index (χ2v) is 9.05. The molecule has 0 fully saturated rings. The number of H-pyrrole nitrogens is 2. The van der Waals surface area contributed by atoms with Gasteiger partial charge in [-0.3, -0.25) is 9.97 Å². The zero-order valence-electron chi connectivity index (χ0n) is 20.5. The van der Waals surface area contributed by atoms with Crippen molar-refractivity contribution in [3.63, 3.8) is 0 Å². The van der Waals surface area contributed by atoms with Gasteiger partial charge < -0.3 is 15.9 Å². The normalized spacial score (nSPS) is 11.5. The zero-order valence-corrected chi connectivity index (χ0v) is 20.5. The largest absolute Gasteiger partial charge is 0.478 e. The minimum atomic E-state index is -1.38. The zero-order chi connectivity index (χ0) is 28.6. The van der Waals surface area contributed by atoms with Gasteiger partial charge in [-0.25, -0.2) is 23.9 Å². The highest BCUT2D eigenvalue weighted by Gasteiger charge is 2.28. The number of carboxylic acids is 2. The van der Waals surface area contributed by atoms with Gasteiger partial charge in [-0.2, -0.15) is 25.1 Å². The number of benzene rings is 1. The number of hydrogen-bond donors (Lipinski definition) is 5. The highest BCUT2D eigenvalue weighted by Crippen LogP contribution is 2.37. The summed E-state index contributed by atoms with van der Waals surface area (Å²) in [6.45, 7) is 5.38. The Hall–Kier alpha value is -5.92. The van der Waals surface area contributed by atoms with Crippen molar-refractivity contribution < 1.29 is 19.8 Å². The highest BCUT2D eigenvalue weighted by molar-refractivity contribution is 5.94. The van der Waals surface area contributed by atoms with Crippen molar-refractivity contribution in [1.29, 1.82) is 5.26 Å². The lowest BCUT2D eigenvalue weighted by Gasteiger charge is -2.15. The fraction of sp³-hybridized carbons (Fsp3) is 0.182. The number of nitrogens with one attached hydrogen (secondary N) is 2. The standard InChI is InChI=1S/C22H19N11O6/c1-22(2,3)14-13(15(24)33(31-14)19-26-20(38)28-21(39)27-19)29-30-16-11(7-23)8-25-32(16)12-5-9(17(34)35)4-10(6-12)18(36)37/h4-6,8H,24H2,1-3H3,(H,34,35)(H,36,37)(H2,26,27,28,38,39). The monoisotopic (exact) mass is 533 g/mol. The number of nitrogen functional groups attached to an aromatic ring is 1. The van der Waals surface area contributed by atoms with E-state index >= 15 is 0 Å². The van der Waals surface area contributed by atoms with Crippen LogP contribution in [0.2, 0.25) is 0 Å². The molecule has 0 saturated heterocycles. The first-order chi connectivity index (χ1) is 18.3. The first-order valence-electron chi connectivity index (χ1n) is 10.9. The molecule has 0 aliphatic rings. The van der Waals surface area contributed by atoms with Crippen LogP contribution < -0.4 is 17.1 Å². The Balaban J connectivity index is 1.91. The molecule has 0 saturated carbocycles. The predicted molar refractivity (Wildman–Crippen MR) is 132 cm³/mol. The van der Waals surface area contributed by atoms with Gasteiger partial charge in [0.05, 0.1) is 28.7 Å². The summed E-state index contributed by atoms with van der Waals surface area (Å²) in [5.74, 6) is -3.34. The number of azo groups is 1. The minimum Gasteiger partial charge on any atom is -0.478 e. The number of aromatic nitrogens is 7. The second-order valence-electron chi connectivity index (χ2n) is 9.05. The number of nitrogens with zero attached hydrogens (tertiary/aromatic N) is 8. The van der Waals surface area contributed by atoms with Gasteiger partial charge in [-0.05, 0) is 18.2 Å². The second kappa shape index (κ2) is 9.51. The summed E-state index contributed by atoms with van der Waals surface area (Å²) in [4.78, 5) is 54.5. The molecule has 0 radical (unpaired) electrons. The maximum absolute atomic E-state index is 11.8. The van der Waals surface area contributed by atoms with Crippen molar-refractivity contribution in [2.24, 2.45) is 10.2 Å². The van der Waals surface area contributed by atoms with Gasteiger partial charge in [0.15, 0.2) is 17.3 Å². The van der Waals surface area contributed by atoms with E-state index in [4.69, 9.17) is 5.73 Å². The Labute approximate surface area is 216 Å². The molecule has 17 nitrogen and oxygen atoms in total. The van der Waals surface area contributed by atoms with E-state index < -0.39 is 28.7 Å². The summed E-state index contributed by atoms with van der Waals surface area (Å²) in [5.41, 5.74) is 3.37. The first kappa shape index (κ1) is 26.2. The van der Waals surface area contributed by atoms with E-state index in [1.54, 1.807) is 20.8 Å². The fourth-order valence-corrected chi connectivity index (χ4v) is 3.45. The maximum Gasteiger partial charge on any atom is 0.352 e. The van der Waals surface area contributed by atoms with Crippen LogP contribution in [0.25, 0.3) is 11.6 Å². The number of nitrogens with two attached hydrogens (primary N) is 1. The smallest absolute Gasteiger partial charge is 0.352 e. The summed E-state index contributed by atoms with van der Waals surface area (Å²) in [6.07, 6.45) is 1.14. The SMILES string of the molecule is CC(C)(C)c1nn(-c2nc(=O)[nH]c(=O)[nH]2)c(N)c1N=Nc1c(C#N)cnn1-c1cc(C(=O)O)cc(C(=O)O)c1.